The molecule has 2 rings (SSSR count). The van der Waals surface area contributed by atoms with Crippen molar-refractivity contribution in [3.05, 3.63) is 0 Å². The fourth-order valence-corrected chi connectivity index (χ4v) is 2.98. The fourth-order valence-electron chi connectivity index (χ4n) is 2.98. The first-order valence-corrected chi connectivity index (χ1v) is 4.62. The van der Waals surface area contributed by atoms with E-state index in [9.17, 15) is 9.90 Å². The van der Waals surface area contributed by atoms with E-state index in [0.717, 1.165) is 12.8 Å². The molecule has 2 fully saturated rings. The van der Waals surface area contributed by atoms with Crippen molar-refractivity contribution in [2.45, 2.75) is 39.7 Å². The highest BCUT2D eigenvalue weighted by atomic mass is 16.3. The van der Waals surface area contributed by atoms with Gasteiger partial charge < -0.3 is 5.11 Å². The van der Waals surface area contributed by atoms with Gasteiger partial charge in [-0.3, -0.25) is 4.79 Å². The lowest BCUT2D eigenvalue weighted by molar-refractivity contribution is -0.141. The molecular weight excluding hydrogens is 152 g/mol. The van der Waals surface area contributed by atoms with Gasteiger partial charge in [0.15, 0.2) is 0 Å². The summed E-state index contributed by atoms with van der Waals surface area (Å²) in [7, 11) is 0. The maximum Gasteiger partial charge on any atom is 0.147 e. The Morgan fingerprint density at radius 3 is 2.33 bits per heavy atom. The van der Waals surface area contributed by atoms with Crippen molar-refractivity contribution in [2.75, 3.05) is 0 Å². The smallest absolute Gasteiger partial charge is 0.147 e. The van der Waals surface area contributed by atoms with Gasteiger partial charge in [0.25, 0.3) is 0 Å². The van der Waals surface area contributed by atoms with E-state index in [1.807, 2.05) is 20.8 Å². The van der Waals surface area contributed by atoms with Crippen molar-refractivity contribution in [3.63, 3.8) is 0 Å². The Bertz CT molecular complexity index is 244. The molecule has 3 atom stereocenters. The summed E-state index contributed by atoms with van der Waals surface area (Å²) in [5.41, 5.74) is -0.609. The number of ketones is 1. The van der Waals surface area contributed by atoms with Crippen LogP contribution < -0.4 is 0 Å². The quantitative estimate of drug-likeness (QED) is 0.593. The molecule has 1 N–H and O–H groups in total. The molecule has 0 radical (unpaired) electrons. The molecule has 0 unspecified atom stereocenters. The van der Waals surface area contributed by atoms with Gasteiger partial charge in [-0.1, -0.05) is 20.8 Å². The van der Waals surface area contributed by atoms with E-state index in [0.29, 0.717) is 5.92 Å². The summed E-state index contributed by atoms with van der Waals surface area (Å²) in [6.07, 6.45) is 1.32. The number of aliphatic hydroxyl groups is 1. The second-order valence-corrected chi connectivity index (χ2v) is 5.12. The highest BCUT2D eigenvalue weighted by Gasteiger charge is 2.63. The first-order valence-electron chi connectivity index (χ1n) is 4.62. The van der Waals surface area contributed by atoms with Crippen LogP contribution in [-0.4, -0.2) is 17.0 Å². The van der Waals surface area contributed by atoms with E-state index in [1.54, 1.807) is 0 Å². The Balaban J connectivity index is 2.43. The summed E-state index contributed by atoms with van der Waals surface area (Å²) in [6.45, 7) is 5.93. The van der Waals surface area contributed by atoms with Crippen LogP contribution in [0.4, 0.5) is 0 Å². The third kappa shape index (κ3) is 0.674. The maximum atomic E-state index is 11.9. The molecule has 0 aliphatic heterocycles. The minimum atomic E-state index is -0.422. The van der Waals surface area contributed by atoms with Gasteiger partial charge in [-0.25, -0.2) is 0 Å². The lowest BCUT2D eigenvalue weighted by atomic mass is 9.70. The SMILES string of the molecule is CC1(C)C(=O)[C@@]2(C)C[C@@H]1C[C@H]2O. The van der Waals surface area contributed by atoms with Gasteiger partial charge in [-0.15, -0.1) is 0 Å². The van der Waals surface area contributed by atoms with Crippen molar-refractivity contribution < 1.29 is 9.90 Å². The molecule has 2 nitrogen and oxygen atoms in total. The van der Waals surface area contributed by atoms with Gasteiger partial charge >= 0.3 is 0 Å². The summed E-state index contributed by atoms with van der Waals surface area (Å²) in [5.74, 6) is 0.670. The zero-order valence-electron chi connectivity index (χ0n) is 7.92. The summed E-state index contributed by atoms with van der Waals surface area (Å²) in [4.78, 5) is 11.9. The molecule has 2 bridgehead atoms. The maximum absolute atomic E-state index is 11.9. The van der Waals surface area contributed by atoms with Crippen molar-refractivity contribution in [3.8, 4) is 0 Å². The number of aliphatic hydroxyl groups excluding tert-OH is 1. The molecule has 0 aromatic rings. The van der Waals surface area contributed by atoms with Crippen molar-refractivity contribution in [1.82, 2.24) is 0 Å². The van der Waals surface area contributed by atoms with E-state index in [1.165, 1.54) is 0 Å². The van der Waals surface area contributed by atoms with E-state index in [-0.39, 0.29) is 17.3 Å². The summed E-state index contributed by atoms with van der Waals surface area (Å²) in [6, 6.07) is 0. The molecule has 0 saturated heterocycles. The fraction of sp³-hybridized carbons (Fsp3) is 0.900. The molecule has 0 amide bonds. The zero-order chi connectivity index (χ0) is 9.15. The Morgan fingerprint density at radius 2 is 2.00 bits per heavy atom. The molecule has 0 aromatic heterocycles. The average Bonchev–Trinajstić information content (AvgIpc) is 2.34. The van der Waals surface area contributed by atoms with Crippen LogP contribution in [-0.2, 0) is 4.79 Å². The van der Waals surface area contributed by atoms with E-state index < -0.39 is 5.41 Å². The molecule has 2 saturated carbocycles. The van der Waals surface area contributed by atoms with Crippen molar-refractivity contribution >= 4 is 5.78 Å². The largest absolute Gasteiger partial charge is 0.392 e. The van der Waals surface area contributed by atoms with E-state index in [4.69, 9.17) is 0 Å². The number of hydrogen-bond donors (Lipinski definition) is 1. The van der Waals surface area contributed by atoms with Crippen LogP contribution >= 0.6 is 0 Å². The predicted octanol–water partition coefficient (Wildman–Crippen LogP) is 1.37. The van der Waals surface area contributed by atoms with Crippen molar-refractivity contribution in [2.24, 2.45) is 16.7 Å². The number of carbonyl (C=O) groups excluding carboxylic acids is 1. The second kappa shape index (κ2) is 1.92. The number of carbonyl (C=O) groups is 1. The van der Waals surface area contributed by atoms with Gasteiger partial charge in [0.1, 0.15) is 5.78 Å². The van der Waals surface area contributed by atoms with E-state index >= 15 is 0 Å². The highest BCUT2D eigenvalue weighted by Crippen LogP contribution is 2.59. The molecule has 2 aliphatic carbocycles. The van der Waals surface area contributed by atoms with Gasteiger partial charge in [-0.05, 0) is 18.8 Å². The molecule has 2 heteroatoms. The lowest BCUT2D eigenvalue weighted by Gasteiger charge is -2.34. The Kier molecular flexibility index (Phi) is 1.32. The second-order valence-electron chi connectivity index (χ2n) is 5.12. The highest BCUT2D eigenvalue weighted by molar-refractivity contribution is 5.93. The van der Waals surface area contributed by atoms with Crippen LogP contribution in [0.5, 0.6) is 0 Å². The third-order valence-corrected chi connectivity index (χ3v) is 4.04. The molecule has 0 spiro atoms. The Hall–Kier alpha value is -0.370. The number of hydrogen-bond acceptors (Lipinski definition) is 2. The van der Waals surface area contributed by atoms with E-state index in [2.05, 4.69) is 0 Å². The summed E-state index contributed by atoms with van der Waals surface area (Å²) in [5, 5.41) is 9.66. The van der Waals surface area contributed by atoms with Crippen molar-refractivity contribution in [1.29, 1.82) is 0 Å². The molecule has 12 heavy (non-hydrogen) atoms. The minimum absolute atomic E-state index is 0.187. The first kappa shape index (κ1) is 8.24. The monoisotopic (exact) mass is 168 g/mol. The van der Waals surface area contributed by atoms with Crippen LogP contribution in [0.2, 0.25) is 0 Å². The number of fused-ring (bicyclic) bond motifs is 2. The average molecular weight is 168 g/mol. The van der Waals surface area contributed by atoms with Gasteiger partial charge in [0, 0.05) is 5.41 Å². The molecular formula is C10H16O2. The Labute approximate surface area is 73.0 Å². The topological polar surface area (TPSA) is 37.3 Å². The van der Waals surface area contributed by atoms with Crippen LogP contribution in [0.3, 0.4) is 0 Å². The van der Waals surface area contributed by atoms with Gasteiger partial charge in [-0.2, -0.15) is 0 Å². The summed E-state index contributed by atoms with van der Waals surface area (Å²) < 4.78 is 0. The predicted molar refractivity (Wildman–Crippen MR) is 45.6 cm³/mol. The number of Topliss-reactive ketones (excluding diaryl/α,β-unsaturated/α-hetero) is 1. The number of rotatable bonds is 0. The first-order chi connectivity index (χ1) is 5.39. The Morgan fingerprint density at radius 1 is 1.42 bits per heavy atom. The zero-order valence-corrected chi connectivity index (χ0v) is 7.92. The lowest BCUT2D eigenvalue weighted by Crippen LogP contribution is -2.43. The molecule has 2 aliphatic rings. The van der Waals surface area contributed by atoms with Crippen LogP contribution in [0, 0.1) is 16.7 Å². The van der Waals surface area contributed by atoms with Crippen LogP contribution in [0.15, 0.2) is 0 Å². The van der Waals surface area contributed by atoms with Crippen LogP contribution in [0.1, 0.15) is 33.6 Å². The molecule has 0 aromatic carbocycles. The molecule has 0 heterocycles. The van der Waals surface area contributed by atoms with Gasteiger partial charge in [0.2, 0.25) is 0 Å². The minimum Gasteiger partial charge on any atom is -0.392 e. The standard InChI is InChI=1S/C10H16O2/c1-9(2)6-4-7(11)10(3,5-6)8(9)12/h6-7,11H,4-5H2,1-3H3/t6-,7+,10-/m0/s1. The third-order valence-electron chi connectivity index (χ3n) is 4.04. The normalized spacial score (nSPS) is 50.2. The summed E-state index contributed by atoms with van der Waals surface area (Å²) >= 11 is 0. The van der Waals surface area contributed by atoms with Gasteiger partial charge in [0.05, 0.1) is 11.5 Å². The van der Waals surface area contributed by atoms with Crippen LogP contribution in [0.25, 0.3) is 0 Å². The molecule has 68 valence electrons.